The van der Waals surface area contributed by atoms with Crippen LogP contribution in [0.1, 0.15) is 12.8 Å². The van der Waals surface area contributed by atoms with E-state index < -0.39 is 36.4 Å². The largest absolute Gasteiger partial charge is 2.00 e. The van der Waals surface area contributed by atoms with Gasteiger partial charge in [0.25, 0.3) is 0 Å². The summed E-state index contributed by atoms with van der Waals surface area (Å²) >= 11 is 0. The number of rotatable bonds is 5. The normalized spacial score (nSPS) is 7.83. The van der Waals surface area contributed by atoms with Crippen molar-refractivity contribution in [3.05, 3.63) is 0 Å². The summed E-state index contributed by atoms with van der Waals surface area (Å²) in [6.07, 6.45) is -2.29. The van der Waals surface area contributed by atoms with Gasteiger partial charge < -0.3 is 56.2 Å². The van der Waals surface area contributed by atoms with Crippen LogP contribution >= 0.6 is 0 Å². The van der Waals surface area contributed by atoms with E-state index in [9.17, 15) is 14.4 Å². The Morgan fingerprint density at radius 3 is 1.17 bits per heavy atom. The number of carboxylic acid groups (broad SMARTS) is 3. The van der Waals surface area contributed by atoms with E-state index >= 15 is 0 Å². The first-order valence-electron chi connectivity index (χ1n) is 3.17. The number of hydrogen-bond acceptors (Lipinski definition) is 4. The monoisotopic (exact) mass is 418 g/mol. The van der Waals surface area contributed by atoms with E-state index in [2.05, 4.69) is 0 Å². The van der Waals surface area contributed by atoms with Gasteiger partial charge >= 0.3 is 41.8 Å². The maximum absolute atomic E-state index is 10.3. The molecule has 0 atom stereocenters. The van der Waals surface area contributed by atoms with Crippen LogP contribution in [0, 0.1) is 0 Å². The smallest absolute Gasteiger partial charge is 1.00 e. The standard InChI is InChI=1S/C6H8O7.2ClH.2H2O.Sn/c7-3(8)1-6(13,5(11)12)2-4(9)10;;;;;/h13H,1-2H2,(H,7,8)(H,9,10)(H,11,12);2*1H;2*1H2;/q;;;;;+2/p-2. The molecule has 0 aromatic rings. The Kier molecular flexibility index (Phi) is 29.5. The molecule has 0 unspecified atom stereocenters. The van der Waals surface area contributed by atoms with Crippen molar-refractivity contribution in [2.24, 2.45) is 0 Å². The van der Waals surface area contributed by atoms with Crippen LogP contribution in [-0.4, -0.2) is 78.8 Å². The summed E-state index contributed by atoms with van der Waals surface area (Å²) in [5.41, 5.74) is -2.74. The second-order valence-electron chi connectivity index (χ2n) is 2.48. The Balaban J connectivity index is -0.0000000720. The topological polar surface area (TPSA) is 195 Å². The predicted octanol–water partition coefficient (Wildman–Crippen LogP) is -9.27. The van der Waals surface area contributed by atoms with Gasteiger partial charge in [0.15, 0.2) is 5.60 Å². The zero-order valence-corrected chi connectivity index (χ0v) is 13.0. The third-order valence-electron chi connectivity index (χ3n) is 1.29. The van der Waals surface area contributed by atoms with Crippen molar-refractivity contribution in [2.45, 2.75) is 18.4 Å². The molecule has 108 valence electrons. The molecule has 0 aliphatic rings. The van der Waals surface area contributed by atoms with Crippen molar-refractivity contribution in [3.8, 4) is 0 Å². The summed E-state index contributed by atoms with van der Waals surface area (Å²) < 4.78 is 0. The molecule has 0 aromatic carbocycles. The van der Waals surface area contributed by atoms with Gasteiger partial charge in [-0.2, -0.15) is 0 Å². The minimum absolute atomic E-state index is 0. The average molecular weight is 418 g/mol. The van der Waals surface area contributed by atoms with Crippen LogP contribution in [0.15, 0.2) is 0 Å². The van der Waals surface area contributed by atoms with Crippen LogP contribution in [0.2, 0.25) is 0 Å². The summed E-state index contributed by atoms with van der Waals surface area (Å²) in [7, 11) is 0. The molecule has 12 heteroatoms. The Morgan fingerprint density at radius 1 is 0.833 bits per heavy atom. The number of aliphatic carboxylic acids is 3. The second-order valence-corrected chi connectivity index (χ2v) is 2.48. The molecular formula is C6H12Cl2O9Sn. The molecule has 0 bridgehead atoms. The second kappa shape index (κ2) is 14.7. The molecule has 18 heavy (non-hydrogen) atoms. The minimum Gasteiger partial charge on any atom is -1.00 e. The van der Waals surface area contributed by atoms with Gasteiger partial charge in [0, 0.05) is 0 Å². The van der Waals surface area contributed by atoms with Crippen molar-refractivity contribution >= 4 is 41.8 Å². The van der Waals surface area contributed by atoms with Gasteiger partial charge in [0.2, 0.25) is 0 Å². The van der Waals surface area contributed by atoms with E-state index in [0.717, 1.165) is 0 Å². The Bertz CT molecular complexity index is 243. The van der Waals surface area contributed by atoms with Gasteiger partial charge in [-0.25, -0.2) is 4.79 Å². The molecule has 0 aromatic heterocycles. The van der Waals surface area contributed by atoms with Crippen molar-refractivity contribution in [1.29, 1.82) is 0 Å². The van der Waals surface area contributed by atoms with Gasteiger partial charge in [-0.1, -0.05) is 0 Å². The zero-order chi connectivity index (χ0) is 10.6. The maximum Gasteiger partial charge on any atom is 2.00 e. The number of carbonyl (C=O) groups is 3. The van der Waals surface area contributed by atoms with E-state index in [1.54, 1.807) is 0 Å². The quantitative estimate of drug-likeness (QED) is 0.318. The molecule has 9 nitrogen and oxygen atoms in total. The fourth-order valence-corrected chi connectivity index (χ4v) is 0.714. The summed E-state index contributed by atoms with van der Waals surface area (Å²) in [4.78, 5) is 30.5. The predicted molar refractivity (Wildman–Crippen MR) is 50.1 cm³/mol. The first-order valence-corrected chi connectivity index (χ1v) is 3.17. The molecule has 0 amide bonds. The molecule has 0 aliphatic carbocycles. The summed E-state index contributed by atoms with van der Waals surface area (Å²) in [5, 5.41) is 33.8. The van der Waals surface area contributed by atoms with E-state index in [1.165, 1.54) is 0 Å². The van der Waals surface area contributed by atoms with Crippen molar-refractivity contribution in [2.75, 3.05) is 0 Å². The molecule has 0 saturated heterocycles. The first kappa shape index (κ1) is 36.1. The summed E-state index contributed by atoms with van der Waals surface area (Å²) in [6.45, 7) is 0. The van der Waals surface area contributed by atoms with Gasteiger partial charge in [0.05, 0.1) is 12.8 Å². The average Bonchev–Trinajstić information content (AvgIpc) is 1.82. The van der Waals surface area contributed by atoms with Crippen molar-refractivity contribution in [1.82, 2.24) is 0 Å². The van der Waals surface area contributed by atoms with Crippen LogP contribution in [0.4, 0.5) is 0 Å². The molecule has 0 fully saturated rings. The van der Waals surface area contributed by atoms with Crippen molar-refractivity contribution in [3.63, 3.8) is 0 Å². The van der Waals surface area contributed by atoms with Gasteiger partial charge in [0.1, 0.15) is 0 Å². The van der Waals surface area contributed by atoms with Crippen LogP contribution in [0.25, 0.3) is 0 Å². The molecule has 0 spiro atoms. The Morgan fingerprint density at radius 2 is 1.06 bits per heavy atom. The maximum atomic E-state index is 10.3. The zero-order valence-electron chi connectivity index (χ0n) is 8.68. The molecule has 8 N–H and O–H groups in total. The molecule has 0 heterocycles. The Labute approximate surface area is 131 Å². The summed E-state index contributed by atoms with van der Waals surface area (Å²) in [5.74, 6) is -5.02. The van der Waals surface area contributed by atoms with Crippen LogP contribution in [0.3, 0.4) is 0 Å². The summed E-state index contributed by atoms with van der Waals surface area (Å²) in [6, 6.07) is 0. The number of carboxylic acids is 3. The van der Waals surface area contributed by atoms with E-state index in [4.69, 9.17) is 20.4 Å². The fourth-order valence-electron chi connectivity index (χ4n) is 0.714. The first-order chi connectivity index (χ1) is 5.78. The van der Waals surface area contributed by atoms with Gasteiger partial charge in [-0.3, -0.25) is 9.59 Å². The van der Waals surface area contributed by atoms with Crippen LogP contribution < -0.4 is 24.8 Å². The van der Waals surface area contributed by atoms with E-state index in [1.807, 2.05) is 0 Å². The van der Waals surface area contributed by atoms with Crippen molar-refractivity contribution < 1.29 is 70.6 Å². The molecule has 0 aliphatic heterocycles. The third kappa shape index (κ3) is 13.7. The van der Waals surface area contributed by atoms with Crippen LogP contribution in [0.5, 0.6) is 0 Å². The SMILES string of the molecule is O.O.O=C(O)CC(O)(CC(=O)O)C(=O)O.[Cl-].[Cl-].[Sn+2]. The van der Waals surface area contributed by atoms with Gasteiger partial charge in [-0.15, -0.1) is 0 Å². The fraction of sp³-hybridized carbons (Fsp3) is 0.500. The molecular weight excluding hydrogens is 406 g/mol. The van der Waals surface area contributed by atoms with Gasteiger partial charge in [-0.05, 0) is 0 Å². The molecule has 2 radical (unpaired) electrons. The van der Waals surface area contributed by atoms with E-state index in [0.29, 0.717) is 0 Å². The van der Waals surface area contributed by atoms with Crippen LogP contribution in [-0.2, 0) is 14.4 Å². The molecule has 0 saturated carbocycles. The Hall–Kier alpha value is -0.331. The van der Waals surface area contributed by atoms with E-state index in [-0.39, 0.29) is 59.7 Å². The molecule has 0 rings (SSSR count). The number of hydrogen-bond donors (Lipinski definition) is 4. The number of halogens is 2. The number of aliphatic hydroxyl groups is 1. The minimum atomic E-state index is -2.74. The third-order valence-corrected chi connectivity index (χ3v) is 1.29.